The molecule has 5 nitrogen and oxygen atoms in total. The lowest BCUT2D eigenvalue weighted by molar-refractivity contribution is 0.102. The van der Waals surface area contributed by atoms with Gasteiger partial charge in [0.2, 0.25) is 0 Å². The minimum Gasteiger partial charge on any atom is -0.457 e. The predicted octanol–water partition coefficient (Wildman–Crippen LogP) is 3.45. The average Bonchev–Trinajstić information content (AvgIpc) is 3.05. The van der Waals surface area contributed by atoms with E-state index in [4.69, 9.17) is 4.74 Å². The Bertz CT molecular complexity index is 707. The molecule has 0 bridgehead atoms. The Morgan fingerprint density at radius 3 is 2.33 bits per heavy atom. The van der Waals surface area contributed by atoms with Crippen molar-refractivity contribution in [1.82, 2.24) is 10.2 Å². The Hall–Kier alpha value is -3.08. The van der Waals surface area contributed by atoms with Crippen molar-refractivity contribution in [2.75, 3.05) is 5.32 Å². The number of amides is 1. The van der Waals surface area contributed by atoms with Gasteiger partial charge in [0, 0.05) is 11.9 Å². The highest BCUT2D eigenvalue weighted by Gasteiger charge is 2.06. The molecule has 21 heavy (non-hydrogen) atoms. The summed E-state index contributed by atoms with van der Waals surface area (Å²) in [6.07, 6.45) is 1.53. The van der Waals surface area contributed by atoms with E-state index < -0.39 is 0 Å². The van der Waals surface area contributed by atoms with Crippen LogP contribution in [0, 0.1) is 0 Å². The van der Waals surface area contributed by atoms with Crippen LogP contribution in [0.3, 0.4) is 0 Å². The number of H-pyrrole nitrogens is 1. The summed E-state index contributed by atoms with van der Waals surface area (Å²) in [5.74, 6) is 1.25. The number of anilines is 1. The summed E-state index contributed by atoms with van der Waals surface area (Å²) in [5, 5.41) is 9.12. The molecule has 0 atom stereocenters. The normalized spacial score (nSPS) is 10.1. The van der Waals surface area contributed by atoms with Crippen LogP contribution >= 0.6 is 0 Å². The number of hydrogen-bond donors (Lipinski definition) is 2. The molecular weight excluding hydrogens is 266 g/mol. The SMILES string of the molecule is O=C(Nc1ccc(Oc2ccccc2)cc1)c1ccn[nH]1. The number of carbonyl (C=O) groups excluding carboxylic acids is 1. The van der Waals surface area contributed by atoms with Crippen molar-refractivity contribution in [3.63, 3.8) is 0 Å². The zero-order valence-electron chi connectivity index (χ0n) is 11.1. The Morgan fingerprint density at radius 2 is 1.67 bits per heavy atom. The number of nitrogens with zero attached hydrogens (tertiary/aromatic N) is 1. The monoisotopic (exact) mass is 279 g/mol. The van der Waals surface area contributed by atoms with Gasteiger partial charge < -0.3 is 10.1 Å². The second kappa shape index (κ2) is 5.92. The lowest BCUT2D eigenvalue weighted by Crippen LogP contribution is -2.12. The molecular formula is C16H13N3O2. The van der Waals surface area contributed by atoms with Gasteiger partial charge in [-0.05, 0) is 42.5 Å². The van der Waals surface area contributed by atoms with E-state index in [2.05, 4.69) is 15.5 Å². The van der Waals surface area contributed by atoms with Crippen molar-refractivity contribution in [1.29, 1.82) is 0 Å². The second-order valence-corrected chi connectivity index (χ2v) is 4.36. The first-order valence-corrected chi connectivity index (χ1v) is 6.45. The molecule has 3 aromatic rings. The molecule has 0 unspecified atom stereocenters. The molecule has 0 spiro atoms. The molecule has 0 fully saturated rings. The highest BCUT2D eigenvalue weighted by molar-refractivity contribution is 6.02. The second-order valence-electron chi connectivity index (χ2n) is 4.36. The maximum atomic E-state index is 11.8. The first kappa shape index (κ1) is 12.9. The first-order chi connectivity index (χ1) is 10.3. The number of benzene rings is 2. The summed E-state index contributed by atoms with van der Waals surface area (Å²) in [4.78, 5) is 11.8. The van der Waals surface area contributed by atoms with Gasteiger partial charge in [0.15, 0.2) is 0 Å². The molecule has 2 aromatic carbocycles. The van der Waals surface area contributed by atoms with Gasteiger partial charge in [-0.1, -0.05) is 18.2 Å². The number of ether oxygens (including phenoxy) is 1. The maximum Gasteiger partial charge on any atom is 0.273 e. The summed E-state index contributed by atoms with van der Waals surface area (Å²) >= 11 is 0. The molecule has 5 heteroatoms. The topological polar surface area (TPSA) is 67.0 Å². The number of hydrogen-bond acceptors (Lipinski definition) is 3. The molecule has 1 amide bonds. The highest BCUT2D eigenvalue weighted by atomic mass is 16.5. The number of aromatic amines is 1. The Labute approximate surface area is 121 Å². The zero-order valence-corrected chi connectivity index (χ0v) is 11.1. The molecule has 0 aliphatic rings. The van der Waals surface area contributed by atoms with Crippen LogP contribution in [-0.4, -0.2) is 16.1 Å². The van der Waals surface area contributed by atoms with Crippen LogP contribution in [0.15, 0.2) is 66.9 Å². The third-order valence-corrected chi connectivity index (χ3v) is 2.84. The number of carbonyl (C=O) groups is 1. The van der Waals surface area contributed by atoms with Crippen LogP contribution in [0.4, 0.5) is 5.69 Å². The minimum absolute atomic E-state index is 0.232. The highest BCUT2D eigenvalue weighted by Crippen LogP contribution is 2.22. The molecule has 1 heterocycles. The van der Waals surface area contributed by atoms with E-state index in [1.54, 1.807) is 30.3 Å². The predicted molar refractivity (Wildman–Crippen MR) is 79.5 cm³/mol. The van der Waals surface area contributed by atoms with Crippen LogP contribution in [-0.2, 0) is 0 Å². The van der Waals surface area contributed by atoms with E-state index in [0.717, 1.165) is 5.75 Å². The van der Waals surface area contributed by atoms with E-state index in [1.807, 2.05) is 30.3 Å². The number of aromatic nitrogens is 2. The third-order valence-electron chi connectivity index (χ3n) is 2.84. The Kier molecular flexibility index (Phi) is 3.64. The van der Waals surface area contributed by atoms with Gasteiger partial charge in [-0.2, -0.15) is 5.10 Å². The Morgan fingerprint density at radius 1 is 0.952 bits per heavy atom. The maximum absolute atomic E-state index is 11.8. The third kappa shape index (κ3) is 3.27. The van der Waals surface area contributed by atoms with Gasteiger partial charge >= 0.3 is 0 Å². The van der Waals surface area contributed by atoms with Crippen LogP contribution in [0.1, 0.15) is 10.5 Å². The van der Waals surface area contributed by atoms with Crippen molar-refractivity contribution < 1.29 is 9.53 Å². The van der Waals surface area contributed by atoms with Crippen molar-refractivity contribution in [2.24, 2.45) is 0 Å². The van der Waals surface area contributed by atoms with Crippen LogP contribution < -0.4 is 10.1 Å². The molecule has 0 saturated heterocycles. The van der Waals surface area contributed by atoms with E-state index in [9.17, 15) is 4.79 Å². The fourth-order valence-corrected chi connectivity index (χ4v) is 1.81. The van der Waals surface area contributed by atoms with Crippen molar-refractivity contribution in [2.45, 2.75) is 0 Å². The van der Waals surface area contributed by atoms with Gasteiger partial charge in [-0.25, -0.2) is 0 Å². The number of nitrogens with one attached hydrogen (secondary N) is 2. The first-order valence-electron chi connectivity index (χ1n) is 6.45. The molecule has 2 N–H and O–H groups in total. The summed E-state index contributed by atoms with van der Waals surface area (Å²) in [7, 11) is 0. The number of rotatable bonds is 4. The lowest BCUT2D eigenvalue weighted by Gasteiger charge is -2.07. The quantitative estimate of drug-likeness (QED) is 0.768. The fourth-order valence-electron chi connectivity index (χ4n) is 1.81. The molecule has 104 valence electrons. The van der Waals surface area contributed by atoms with Gasteiger partial charge in [0.25, 0.3) is 5.91 Å². The Balaban J connectivity index is 1.65. The molecule has 1 aromatic heterocycles. The summed E-state index contributed by atoms with van der Waals surface area (Å²) in [6.45, 7) is 0. The van der Waals surface area contributed by atoms with Gasteiger partial charge in [-0.3, -0.25) is 9.89 Å². The fraction of sp³-hybridized carbons (Fsp3) is 0. The van der Waals surface area contributed by atoms with Crippen LogP contribution in [0.25, 0.3) is 0 Å². The van der Waals surface area contributed by atoms with E-state index in [0.29, 0.717) is 17.1 Å². The largest absolute Gasteiger partial charge is 0.457 e. The van der Waals surface area contributed by atoms with E-state index >= 15 is 0 Å². The van der Waals surface area contributed by atoms with Crippen molar-refractivity contribution >= 4 is 11.6 Å². The molecule has 3 rings (SSSR count). The molecule has 0 aliphatic carbocycles. The summed E-state index contributed by atoms with van der Waals surface area (Å²) in [5.41, 5.74) is 1.11. The van der Waals surface area contributed by atoms with Crippen LogP contribution in [0.5, 0.6) is 11.5 Å². The van der Waals surface area contributed by atoms with E-state index in [1.165, 1.54) is 6.20 Å². The van der Waals surface area contributed by atoms with Gasteiger partial charge in [0.05, 0.1) is 0 Å². The lowest BCUT2D eigenvalue weighted by atomic mass is 10.3. The van der Waals surface area contributed by atoms with Crippen molar-refractivity contribution in [3.05, 3.63) is 72.6 Å². The standard InChI is InChI=1S/C16H13N3O2/c20-16(15-10-11-17-19-15)18-12-6-8-14(9-7-12)21-13-4-2-1-3-5-13/h1-11H,(H,17,19)(H,18,20). The van der Waals surface area contributed by atoms with E-state index in [-0.39, 0.29) is 5.91 Å². The minimum atomic E-state index is -0.232. The molecule has 0 saturated carbocycles. The summed E-state index contributed by atoms with van der Waals surface area (Å²) in [6, 6.07) is 18.3. The zero-order chi connectivity index (χ0) is 14.5. The van der Waals surface area contributed by atoms with Crippen molar-refractivity contribution in [3.8, 4) is 11.5 Å². The average molecular weight is 279 g/mol. The summed E-state index contributed by atoms with van der Waals surface area (Å²) < 4.78 is 5.68. The molecule has 0 aliphatic heterocycles. The van der Waals surface area contributed by atoms with Gasteiger partial charge in [0.1, 0.15) is 17.2 Å². The number of para-hydroxylation sites is 1. The smallest absolute Gasteiger partial charge is 0.273 e. The molecule has 0 radical (unpaired) electrons. The van der Waals surface area contributed by atoms with Gasteiger partial charge in [-0.15, -0.1) is 0 Å². The van der Waals surface area contributed by atoms with Crippen LogP contribution in [0.2, 0.25) is 0 Å².